The van der Waals surface area contributed by atoms with E-state index in [-0.39, 0.29) is 6.42 Å². The van der Waals surface area contributed by atoms with Crippen LogP contribution in [0.2, 0.25) is 0 Å². The number of rotatable bonds is 6. The van der Waals surface area contributed by atoms with Gasteiger partial charge in [0.2, 0.25) is 11.8 Å². The highest BCUT2D eigenvalue weighted by molar-refractivity contribution is 6.20. The SMILES string of the molecule is CCCC1(C(NC(=O)c2ccc(C)cc2)c2ccncc2)C(=O)NC(=O)NC1=O. The van der Waals surface area contributed by atoms with Gasteiger partial charge in [-0.2, -0.15) is 0 Å². The second-order valence-corrected chi connectivity index (χ2v) is 7.01. The summed E-state index contributed by atoms with van der Waals surface area (Å²) >= 11 is 0. The molecule has 2 heterocycles. The highest BCUT2D eigenvalue weighted by Crippen LogP contribution is 2.40. The molecule has 1 aliphatic rings. The first-order valence-electron chi connectivity index (χ1n) is 9.32. The standard InChI is InChI=1S/C21H22N4O4/c1-3-10-21(18(27)24-20(29)25-19(21)28)16(14-8-11-22-12-9-14)23-17(26)15-6-4-13(2)5-7-15/h4-9,11-12,16H,3,10H2,1-2H3,(H,23,26)(H2,24,25,27,28,29). The molecule has 0 aliphatic carbocycles. The predicted molar refractivity (Wildman–Crippen MR) is 105 cm³/mol. The van der Waals surface area contributed by atoms with Crippen molar-refractivity contribution in [2.75, 3.05) is 0 Å². The van der Waals surface area contributed by atoms with Gasteiger partial charge in [0.05, 0.1) is 6.04 Å². The van der Waals surface area contributed by atoms with Gasteiger partial charge < -0.3 is 5.32 Å². The normalized spacial score (nSPS) is 16.6. The first-order valence-corrected chi connectivity index (χ1v) is 9.32. The second-order valence-electron chi connectivity index (χ2n) is 7.01. The van der Waals surface area contributed by atoms with Crippen molar-refractivity contribution < 1.29 is 19.2 Å². The smallest absolute Gasteiger partial charge is 0.328 e. The lowest BCUT2D eigenvalue weighted by Gasteiger charge is -2.40. The molecule has 8 heteroatoms. The number of imide groups is 2. The lowest BCUT2D eigenvalue weighted by atomic mass is 9.71. The summed E-state index contributed by atoms with van der Waals surface area (Å²) in [6, 6.07) is 8.35. The molecule has 2 aromatic rings. The molecule has 1 saturated heterocycles. The molecule has 1 atom stereocenters. The topological polar surface area (TPSA) is 117 Å². The van der Waals surface area contributed by atoms with Crippen LogP contribution in [-0.4, -0.2) is 28.7 Å². The average Bonchev–Trinajstić information content (AvgIpc) is 2.70. The van der Waals surface area contributed by atoms with Gasteiger partial charge in [0.15, 0.2) is 5.41 Å². The van der Waals surface area contributed by atoms with Crippen molar-refractivity contribution in [1.29, 1.82) is 0 Å². The van der Waals surface area contributed by atoms with Gasteiger partial charge in [-0.05, 0) is 43.2 Å². The van der Waals surface area contributed by atoms with E-state index in [0.717, 1.165) is 5.56 Å². The largest absolute Gasteiger partial charge is 0.344 e. The maximum atomic E-state index is 12.9. The van der Waals surface area contributed by atoms with Crippen LogP contribution < -0.4 is 16.0 Å². The van der Waals surface area contributed by atoms with Gasteiger partial charge in [0.25, 0.3) is 5.91 Å². The van der Waals surface area contributed by atoms with E-state index in [1.165, 1.54) is 12.4 Å². The van der Waals surface area contributed by atoms with Crippen molar-refractivity contribution in [2.45, 2.75) is 32.7 Å². The molecular formula is C21H22N4O4. The molecule has 1 aromatic carbocycles. The zero-order valence-corrected chi connectivity index (χ0v) is 16.2. The Morgan fingerprint density at radius 1 is 1.03 bits per heavy atom. The van der Waals surface area contributed by atoms with Crippen molar-refractivity contribution in [3.8, 4) is 0 Å². The minimum Gasteiger partial charge on any atom is -0.344 e. The third kappa shape index (κ3) is 3.87. The van der Waals surface area contributed by atoms with Gasteiger partial charge in [-0.15, -0.1) is 0 Å². The lowest BCUT2D eigenvalue weighted by molar-refractivity contribution is -0.147. The summed E-state index contributed by atoms with van der Waals surface area (Å²) < 4.78 is 0. The minimum atomic E-state index is -1.68. The Balaban J connectivity index is 2.07. The summed E-state index contributed by atoms with van der Waals surface area (Å²) in [4.78, 5) is 54.5. The monoisotopic (exact) mass is 394 g/mol. The molecule has 29 heavy (non-hydrogen) atoms. The number of hydrogen-bond acceptors (Lipinski definition) is 5. The maximum Gasteiger partial charge on any atom is 0.328 e. The van der Waals surface area contributed by atoms with E-state index in [9.17, 15) is 19.2 Å². The Morgan fingerprint density at radius 2 is 1.62 bits per heavy atom. The van der Waals surface area contributed by atoms with Gasteiger partial charge in [0, 0.05) is 18.0 Å². The molecule has 1 aliphatic heterocycles. The summed E-state index contributed by atoms with van der Waals surface area (Å²) in [7, 11) is 0. The second kappa shape index (κ2) is 8.22. The minimum absolute atomic E-state index is 0.138. The maximum absolute atomic E-state index is 12.9. The number of hydrogen-bond donors (Lipinski definition) is 3. The lowest BCUT2D eigenvalue weighted by Crippen LogP contribution is -2.66. The number of carbonyl (C=O) groups excluding carboxylic acids is 4. The van der Waals surface area contributed by atoms with E-state index >= 15 is 0 Å². The van der Waals surface area contributed by atoms with Crippen LogP contribution in [0, 0.1) is 12.3 Å². The fourth-order valence-electron chi connectivity index (χ4n) is 3.56. The van der Waals surface area contributed by atoms with Crippen LogP contribution >= 0.6 is 0 Å². The molecule has 8 nitrogen and oxygen atoms in total. The van der Waals surface area contributed by atoms with Crippen molar-refractivity contribution >= 4 is 23.8 Å². The van der Waals surface area contributed by atoms with E-state index in [1.54, 1.807) is 36.4 Å². The zero-order chi connectivity index (χ0) is 21.0. The van der Waals surface area contributed by atoms with Crippen LogP contribution in [0.4, 0.5) is 4.79 Å². The van der Waals surface area contributed by atoms with Crippen molar-refractivity contribution in [3.05, 3.63) is 65.5 Å². The molecule has 0 saturated carbocycles. The van der Waals surface area contributed by atoms with Crippen LogP contribution in [0.25, 0.3) is 0 Å². The van der Waals surface area contributed by atoms with Gasteiger partial charge in [-0.1, -0.05) is 31.0 Å². The van der Waals surface area contributed by atoms with Gasteiger partial charge >= 0.3 is 6.03 Å². The van der Waals surface area contributed by atoms with Gasteiger partial charge in [0.1, 0.15) is 0 Å². The number of aromatic nitrogens is 1. The molecule has 3 N–H and O–H groups in total. The molecule has 1 unspecified atom stereocenters. The Morgan fingerprint density at radius 3 is 2.17 bits per heavy atom. The van der Waals surface area contributed by atoms with Crippen molar-refractivity contribution in [1.82, 2.24) is 20.9 Å². The van der Waals surface area contributed by atoms with Gasteiger partial charge in [-0.3, -0.25) is 30.0 Å². The molecule has 0 spiro atoms. The number of benzene rings is 1. The van der Waals surface area contributed by atoms with Crippen molar-refractivity contribution in [3.63, 3.8) is 0 Å². The van der Waals surface area contributed by atoms with E-state index in [1.807, 2.05) is 13.8 Å². The number of nitrogens with zero attached hydrogens (tertiary/aromatic N) is 1. The first kappa shape index (κ1) is 20.2. The van der Waals surface area contributed by atoms with E-state index in [4.69, 9.17) is 0 Å². The number of barbiturate groups is 1. The highest BCUT2D eigenvalue weighted by atomic mass is 16.2. The molecule has 0 radical (unpaired) electrons. The van der Waals surface area contributed by atoms with Gasteiger partial charge in [-0.25, -0.2) is 4.79 Å². The summed E-state index contributed by atoms with van der Waals surface area (Å²) in [5.74, 6) is -1.90. The fraction of sp³-hybridized carbons (Fsp3) is 0.286. The molecule has 5 amide bonds. The Hall–Kier alpha value is -3.55. The molecule has 150 valence electrons. The summed E-state index contributed by atoms with van der Waals surface area (Å²) in [6.07, 6.45) is 3.66. The van der Waals surface area contributed by atoms with Crippen LogP contribution in [0.5, 0.6) is 0 Å². The Bertz CT molecular complexity index is 921. The van der Waals surface area contributed by atoms with Crippen LogP contribution in [0.3, 0.4) is 0 Å². The van der Waals surface area contributed by atoms with Crippen LogP contribution in [0.1, 0.15) is 47.3 Å². The molecule has 1 aromatic heterocycles. The molecule has 3 rings (SSSR count). The van der Waals surface area contributed by atoms with Crippen molar-refractivity contribution in [2.24, 2.45) is 5.41 Å². The van der Waals surface area contributed by atoms with Crippen LogP contribution in [0.15, 0.2) is 48.8 Å². The van der Waals surface area contributed by atoms with Crippen LogP contribution in [-0.2, 0) is 9.59 Å². The highest BCUT2D eigenvalue weighted by Gasteiger charge is 2.56. The number of nitrogens with one attached hydrogen (secondary N) is 3. The van der Waals surface area contributed by atoms with E-state index < -0.39 is 35.2 Å². The molecule has 1 fully saturated rings. The predicted octanol–water partition coefficient (Wildman–Crippen LogP) is 2.01. The summed E-state index contributed by atoms with van der Waals surface area (Å²) in [6.45, 7) is 3.73. The average molecular weight is 394 g/mol. The quantitative estimate of drug-likeness (QED) is 0.648. The number of aryl methyl sites for hydroxylation is 1. The fourth-order valence-corrected chi connectivity index (χ4v) is 3.56. The Labute approximate surface area is 168 Å². The zero-order valence-electron chi connectivity index (χ0n) is 16.2. The summed E-state index contributed by atoms with van der Waals surface area (Å²) in [5, 5.41) is 7.20. The molecular weight excluding hydrogens is 372 g/mol. The third-order valence-corrected chi connectivity index (χ3v) is 5.03. The van der Waals surface area contributed by atoms with E-state index in [0.29, 0.717) is 17.5 Å². The Kier molecular flexibility index (Phi) is 5.72. The first-order chi connectivity index (χ1) is 13.9. The number of carbonyl (C=O) groups is 4. The molecule has 0 bridgehead atoms. The van der Waals surface area contributed by atoms with E-state index in [2.05, 4.69) is 20.9 Å². The number of urea groups is 1. The summed E-state index contributed by atoms with van der Waals surface area (Å²) in [5.41, 5.74) is 0.256. The number of amides is 5. The third-order valence-electron chi connectivity index (χ3n) is 5.03. The number of pyridine rings is 1.